The van der Waals surface area contributed by atoms with E-state index in [1.807, 2.05) is 84.5 Å². The highest BCUT2D eigenvalue weighted by Gasteiger charge is 2.27. The van der Waals surface area contributed by atoms with Crippen molar-refractivity contribution >= 4 is 40.1 Å². The van der Waals surface area contributed by atoms with Gasteiger partial charge in [0.1, 0.15) is 17.0 Å². The largest absolute Gasteiger partial charge is 0.494 e. The fourth-order valence-corrected chi connectivity index (χ4v) is 5.23. The fourth-order valence-electron chi connectivity index (χ4n) is 4.86. The Hall–Kier alpha value is -2.96. The molecule has 0 fully saturated rings. The lowest BCUT2D eigenvalue weighted by molar-refractivity contribution is 0.00625. The molecule has 0 aliphatic rings. The summed E-state index contributed by atoms with van der Waals surface area (Å²) in [6, 6.07) is 7.74. The number of H-pyrrole nitrogens is 1. The first kappa shape index (κ1) is 28.1. The molecule has 0 aliphatic carbocycles. The molecule has 0 amide bonds. The number of hydrogen-bond donors (Lipinski definition) is 1. The first-order valence-corrected chi connectivity index (χ1v) is 13.5. The van der Waals surface area contributed by atoms with Crippen molar-refractivity contribution in [3.05, 3.63) is 68.1 Å². The summed E-state index contributed by atoms with van der Waals surface area (Å²) < 4.78 is 13.7. The minimum absolute atomic E-state index is 0.393. The number of aromatic nitrogens is 3. The quantitative estimate of drug-likeness (QED) is 0.185. The zero-order valence-electron chi connectivity index (χ0n) is 23.3. The van der Waals surface area contributed by atoms with Gasteiger partial charge in [-0.05, 0) is 96.2 Å². The van der Waals surface area contributed by atoms with Crippen LogP contribution in [0.5, 0.6) is 5.75 Å². The van der Waals surface area contributed by atoms with Gasteiger partial charge in [0.25, 0.3) is 0 Å². The Bertz CT molecular complexity index is 1500. The third-order valence-electron chi connectivity index (χ3n) is 6.64. The molecule has 0 saturated heterocycles. The average molecular weight is 557 g/mol. The molecule has 4 rings (SSSR count). The number of benzene rings is 2. The summed E-state index contributed by atoms with van der Waals surface area (Å²) in [7, 11) is 1.91. The second-order valence-corrected chi connectivity index (χ2v) is 11.6. The number of halogens is 2. The summed E-state index contributed by atoms with van der Waals surface area (Å²) in [4.78, 5) is 16.7. The van der Waals surface area contributed by atoms with Gasteiger partial charge in [0.2, 0.25) is 0 Å². The van der Waals surface area contributed by atoms with Crippen LogP contribution in [0.1, 0.15) is 65.8 Å². The molecular formula is C30H35Cl2N3O3. The van der Waals surface area contributed by atoms with Crippen LogP contribution >= 0.6 is 23.2 Å². The van der Waals surface area contributed by atoms with Crippen molar-refractivity contribution < 1.29 is 14.3 Å². The van der Waals surface area contributed by atoms with Crippen molar-refractivity contribution in [1.82, 2.24) is 14.8 Å². The number of nitrogens with one attached hydrogen (secondary N) is 1. The van der Waals surface area contributed by atoms with Gasteiger partial charge in [0.15, 0.2) is 0 Å². The molecule has 0 bridgehead atoms. The molecular weight excluding hydrogens is 521 g/mol. The van der Waals surface area contributed by atoms with Gasteiger partial charge in [0.05, 0.1) is 22.8 Å². The predicted molar refractivity (Wildman–Crippen MR) is 155 cm³/mol. The lowest BCUT2D eigenvalue weighted by atomic mass is 9.98. The summed E-state index contributed by atoms with van der Waals surface area (Å²) in [6.45, 7) is 14.0. The van der Waals surface area contributed by atoms with Crippen molar-refractivity contribution in [2.45, 2.75) is 66.9 Å². The SMILES string of the molecule is Cc1cc(OCCCc2c(C(=O)OC(C)(C)C)[nH]c3c(-c4c(C)nn(C)c4C)c(Cl)ccc23)cc(C)c1Cl. The molecule has 0 radical (unpaired) electrons. The van der Waals surface area contributed by atoms with E-state index in [0.29, 0.717) is 30.2 Å². The van der Waals surface area contributed by atoms with Gasteiger partial charge in [-0.2, -0.15) is 5.10 Å². The van der Waals surface area contributed by atoms with E-state index in [4.69, 9.17) is 32.7 Å². The number of ether oxygens (including phenoxy) is 2. The molecule has 0 atom stereocenters. The van der Waals surface area contributed by atoms with Gasteiger partial charge in [-0.15, -0.1) is 0 Å². The van der Waals surface area contributed by atoms with Crippen molar-refractivity contribution in [1.29, 1.82) is 0 Å². The number of nitrogens with zero attached hydrogens (tertiary/aromatic N) is 2. The fraction of sp³-hybridized carbons (Fsp3) is 0.400. The maximum absolute atomic E-state index is 13.3. The number of hydrogen-bond acceptors (Lipinski definition) is 4. The minimum Gasteiger partial charge on any atom is -0.494 e. The molecule has 202 valence electrons. The zero-order valence-corrected chi connectivity index (χ0v) is 24.8. The second-order valence-electron chi connectivity index (χ2n) is 10.8. The highest BCUT2D eigenvalue weighted by molar-refractivity contribution is 6.35. The van der Waals surface area contributed by atoms with E-state index in [0.717, 1.165) is 60.9 Å². The van der Waals surface area contributed by atoms with Crippen molar-refractivity contribution in [3.8, 4) is 16.9 Å². The first-order chi connectivity index (χ1) is 17.8. The van der Waals surface area contributed by atoms with Crippen LogP contribution in [0, 0.1) is 27.7 Å². The normalized spacial score (nSPS) is 11.8. The topological polar surface area (TPSA) is 69.1 Å². The van der Waals surface area contributed by atoms with Gasteiger partial charge < -0.3 is 14.5 Å². The van der Waals surface area contributed by atoms with Gasteiger partial charge >= 0.3 is 5.97 Å². The Kier molecular flexibility index (Phi) is 7.87. The predicted octanol–water partition coefficient (Wildman–Crippen LogP) is 8.08. The van der Waals surface area contributed by atoms with E-state index >= 15 is 0 Å². The minimum atomic E-state index is -0.629. The molecule has 0 spiro atoms. The number of carbonyl (C=O) groups is 1. The number of fused-ring (bicyclic) bond motifs is 1. The summed E-state index contributed by atoms with van der Waals surface area (Å²) in [5.74, 6) is 0.391. The Morgan fingerprint density at radius 1 is 1.05 bits per heavy atom. The highest BCUT2D eigenvalue weighted by Crippen LogP contribution is 2.40. The third kappa shape index (κ3) is 5.57. The molecule has 2 aromatic heterocycles. The lowest BCUT2D eigenvalue weighted by Crippen LogP contribution is -2.24. The first-order valence-electron chi connectivity index (χ1n) is 12.7. The van der Waals surface area contributed by atoms with Crippen LogP contribution < -0.4 is 4.74 Å². The van der Waals surface area contributed by atoms with Crippen molar-refractivity contribution in [2.75, 3.05) is 6.61 Å². The van der Waals surface area contributed by atoms with Crippen LogP contribution in [0.25, 0.3) is 22.0 Å². The molecule has 0 aliphatic heterocycles. The van der Waals surface area contributed by atoms with E-state index < -0.39 is 11.6 Å². The van der Waals surface area contributed by atoms with E-state index in [9.17, 15) is 4.79 Å². The number of aromatic amines is 1. The van der Waals surface area contributed by atoms with Crippen LogP contribution in [-0.2, 0) is 18.2 Å². The Balaban J connectivity index is 1.73. The van der Waals surface area contributed by atoms with Gasteiger partial charge in [-0.25, -0.2) is 4.79 Å². The zero-order chi connectivity index (χ0) is 27.9. The average Bonchev–Trinajstić information content (AvgIpc) is 3.30. The van der Waals surface area contributed by atoms with E-state index in [2.05, 4.69) is 10.1 Å². The van der Waals surface area contributed by atoms with Crippen LogP contribution in [0.3, 0.4) is 0 Å². The molecule has 0 saturated carbocycles. The molecule has 2 aromatic carbocycles. The van der Waals surface area contributed by atoms with E-state index in [-0.39, 0.29) is 0 Å². The number of rotatable bonds is 7. The summed E-state index contributed by atoms with van der Waals surface area (Å²) in [5, 5.41) is 6.87. The second kappa shape index (κ2) is 10.7. The lowest BCUT2D eigenvalue weighted by Gasteiger charge is -2.19. The monoisotopic (exact) mass is 555 g/mol. The van der Waals surface area contributed by atoms with Gasteiger partial charge in [-0.3, -0.25) is 4.68 Å². The number of esters is 1. The number of carbonyl (C=O) groups excluding carboxylic acids is 1. The summed E-state index contributed by atoms with van der Waals surface area (Å²) in [5.41, 5.74) is 7.13. The van der Waals surface area contributed by atoms with Crippen LogP contribution in [0.4, 0.5) is 0 Å². The van der Waals surface area contributed by atoms with E-state index in [1.165, 1.54) is 0 Å². The number of aryl methyl sites for hydroxylation is 5. The Morgan fingerprint density at radius 2 is 1.71 bits per heavy atom. The molecule has 4 aromatic rings. The van der Waals surface area contributed by atoms with Gasteiger partial charge in [-0.1, -0.05) is 29.3 Å². The summed E-state index contributed by atoms with van der Waals surface area (Å²) >= 11 is 13.1. The molecule has 8 heteroatoms. The third-order valence-corrected chi connectivity index (χ3v) is 7.55. The molecule has 0 unspecified atom stereocenters. The van der Waals surface area contributed by atoms with Crippen LogP contribution in [0.2, 0.25) is 10.0 Å². The molecule has 6 nitrogen and oxygen atoms in total. The Morgan fingerprint density at radius 3 is 2.29 bits per heavy atom. The molecule has 2 heterocycles. The smallest absolute Gasteiger partial charge is 0.355 e. The van der Waals surface area contributed by atoms with E-state index in [1.54, 1.807) is 0 Å². The summed E-state index contributed by atoms with van der Waals surface area (Å²) in [6.07, 6.45) is 1.32. The maximum Gasteiger partial charge on any atom is 0.355 e. The Labute approximate surface area is 234 Å². The molecule has 1 N–H and O–H groups in total. The van der Waals surface area contributed by atoms with Crippen LogP contribution in [-0.4, -0.2) is 32.9 Å². The highest BCUT2D eigenvalue weighted by atomic mass is 35.5. The molecule has 38 heavy (non-hydrogen) atoms. The van der Waals surface area contributed by atoms with Crippen LogP contribution in [0.15, 0.2) is 24.3 Å². The standard InChI is InChI=1S/C30H35Cl2N3O3/c1-16-14-20(15-17(2)26(16)32)37-13-9-10-21-22-11-12-23(31)25(24-18(3)34-35(8)19(24)4)27(22)33-28(21)29(36)38-30(5,6)7/h11-12,14-15,33H,9-10,13H2,1-8H3. The maximum atomic E-state index is 13.3. The van der Waals surface area contributed by atoms with Crippen molar-refractivity contribution in [3.63, 3.8) is 0 Å². The van der Waals surface area contributed by atoms with Crippen molar-refractivity contribution in [2.24, 2.45) is 7.05 Å². The van der Waals surface area contributed by atoms with Gasteiger partial charge in [0, 0.05) is 34.3 Å².